The number of hydrogen-bond acceptors (Lipinski definition) is 4. The molecule has 6 heteroatoms. The summed E-state index contributed by atoms with van der Waals surface area (Å²) in [6, 6.07) is 12.6. The van der Waals surface area contributed by atoms with Gasteiger partial charge in [-0.05, 0) is 42.2 Å². The van der Waals surface area contributed by atoms with Gasteiger partial charge in [-0.3, -0.25) is 9.59 Å². The first-order chi connectivity index (χ1) is 11.5. The van der Waals surface area contributed by atoms with E-state index in [4.69, 9.17) is 4.74 Å². The van der Waals surface area contributed by atoms with Crippen molar-refractivity contribution in [1.29, 1.82) is 0 Å². The van der Waals surface area contributed by atoms with E-state index in [1.807, 2.05) is 24.5 Å². The Bertz CT molecular complexity index is 747. The van der Waals surface area contributed by atoms with Crippen LogP contribution in [0.15, 0.2) is 42.5 Å². The van der Waals surface area contributed by atoms with Gasteiger partial charge in [-0.1, -0.05) is 12.1 Å². The van der Waals surface area contributed by atoms with Crippen LogP contribution in [-0.2, 0) is 10.5 Å². The zero-order valence-corrected chi connectivity index (χ0v) is 14.7. The first-order valence-corrected chi connectivity index (χ1v) is 8.77. The smallest absolute Gasteiger partial charge is 0.255 e. The number of benzene rings is 2. The van der Waals surface area contributed by atoms with Crippen molar-refractivity contribution in [3.05, 3.63) is 53.6 Å². The molecule has 2 aromatic rings. The van der Waals surface area contributed by atoms with Crippen molar-refractivity contribution in [2.45, 2.75) is 12.7 Å². The molecule has 0 saturated heterocycles. The lowest BCUT2D eigenvalue weighted by Gasteiger charge is -2.13. The second-order valence-corrected chi connectivity index (χ2v) is 6.05. The summed E-state index contributed by atoms with van der Waals surface area (Å²) in [7, 11) is 1.53. The summed E-state index contributed by atoms with van der Waals surface area (Å²) in [6.45, 7) is 1.43. The number of nitrogens with one attached hydrogen (secondary N) is 2. The lowest BCUT2D eigenvalue weighted by Crippen LogP contribution is -2.13. The van der Waals surface area contributed by atoms with E-state index < -0.39 is 0 Å². The van der Waals surface area contributed by atoms with E-state index in [9.17, 15) is 9.59 Å². The molecule has 2 aromatic carbocycles. The molecule has 0 unspecified atom stereocenters. The van der Waals surface area contributed by atoms with Gasteiger partial charge in [-0.2, -0.15) is 11.8 Å². The molecule has 24 heavy (non-hydrogen) atoms. The summed E-state index contributed by atoms with van der Waals surface area (Å²) in [6.07, 6.45) is 2.02. The lowest BCUT2D eigenvalue weighted by molar-refractivity contribution is -0.114. The van der Waals surface area contributed by atoms with Crippen LogP contribution >= 0.6 is 11.8 Å². The minimum Gasteiger partial charge on any atom is -0.495 e. The van der Waals surface area contributed by atoms with Crippen LogP contribution in [0.5, 0.6) is 5.75 Å². The Morgan fingerprint density at radius 1 is 1.12 bits per heavy atom. The van der Waals surface area contributed by atoms with E-state index in [0.29, 0.717) is 22.7 Å². The SMILES string of the molecule is COc1ccc(NC(C)=O)cc1NC(=O)c1cccc(CSC)c1. The minimum atomic E-state index is -0.226. The summed E-state index contributed by atoms with van der Waals surface area (Å²) in [4.78, 5) is 23.7. The predicted octanol–water partition coefficient (Wildman–Crippen LogP) is 3.77. The van der Waals surface area contributed by atoms with Crippen molar-refractivity contribution in [2.75, 3.05) is 24.0 Å². The number of anilines is 2. The molecule has 0 spiro atoms. The highest BCUT2D eigenvalue weighted by Crippen LogP contribution is 2.28. The van der Waals surface area contributed by atoms with E-state index >= 15 is 0 Å². The molecule has 0 atom stereocenters. The number of rotatable bonds is 6. The molecule has 2 N–H and O–H groups in total. The fourth-order valence-electron chi connectivity index (χ4n) is 2.25. The molecule has 0 aliphatic carbocycles. The molecule has 0 aliphatic rings. The molecular formula is C18H20N2O3S. The normalized spacial score (nSPS) is 10.1. The Morgan fingerprint density at radius 3 is 2.58 bits per heavy atom. The highest BCUT2D eigenvalue weighted by Gasteiger charge is 2.11. The first kappa shape index (κ1) is 17.9. The van der Waals surface area contributed by atoms with Gasteiger partial charge in [0.05, 0.1) is 12.8 Å². The van der Waals surface area contributed by atoms with Crippen molar-refractivity contribution in [3.8, 4) is 5.75 Å². The third kappa shape index (κ3) is 4.76. The molecule has 0 fully saturated rings. The van der Waals surface area contributed by atoms with Crippen LogP contribution in [0.4, 0.5) is 11.4 Å². The summed E-state index contributed by atoms with van der Waals surface area (Å²) in [5, 5.41) is 5.53. The average Bonchev–Trinajstić information content (AvgIpc) is 2.55. The van der Waals surface area contributed by atoms with Gasteiger partial charge in [0.15, 0.2) is 0 Å². The van der Waals surface area contributed by atoms with Gasteiger partial charge in [-0.15, -0.1) is 0 Å². The quantitative estimate of drug-likeness (QED) is 0.837. The van der Waals surface area contributed by atoms with Crippen molar-refractivity contribution in [2.24, 2.45) is 0 Å². The monoisotopic (exact) mass is 344 g/mol. The summed E-state index contributed by atoms with van der Waals surface area (Å²) >= 11 is 1.70. The Labute approximate surface area is 145 Å². The van der Waals surface area contributed by atoms with Crippen molar-refractivity contribution < 1.29 is 14.3 Å². The highest BCUT2D eigenvalue weighted by atomic mass is 32.2. The third-order valence-corrected chi connectivity index (χ3v) is 3.89. The maximum absolute atomic E-state index is 12.5. The number of carbonyl (C=O) groups is 2. The number of methoxy groups -OCH3 is 1. The van der Waals surface area contributed by atoms with Gasteiger partial charge in [0.1, 0.15) is 5.75 Å². The maximum Gasteiger partial charge on any atom is 0.255 e. The van der Waals surface area contributed by atoms with Gasteiger partial charge in [-0.25, -0.2) is 0 Å². The van der Waals surface area contributed by atoms with E-state index in [0.717, 1.165) is 11.3 Å². The number of carbonyl (C=O) groups excluding carboxylic acids is 2. The molecule has 0 bridgehead atoms. The summed E-state index contributed by atoms with van der Waals surface area (Å²) in [5.41, 5.74) is 2.77. The van der Waals surface area contributed by atoms with Gasteiger partial charge >= 0.3 is 0 Å². The molecular weight excluding hydrogens is 324 g/mol. The van der Waals surface area contributed by atoms with Crippen LogP contribution in [0, 0.1) is 0 Å². The third-order valence-electron chi connectivity index (χ3n) is 3.27. The van der Waals surface area contributed by atoms with Crippen LogP contribution in [-0.4, -0.2) is 25.2 Å². The van der Waals surface area contributed by atoms with Gasteiger partial charge in [0.25, 0.3) is 5.91 Å². The van der Waals surface area contributed by atoms with E-state index in [1.165, 1.54) is 14.0 Å². The Hall–Kier alpha value is -2.47. The van der Waals surface area contributed by atoms with Crippen LogP contribution in [0.3, 0.4) is 0 Å². The second-order valence-electron chi connectivity index (χ2n) is 5.18. The topological polar surface area (TPSA) is 67.4 Å². The largest absolute Gasteiger partial charge is 0.495 e. The zero-order valence-electron chi connectivity index (χ0n) is 13.9. The molecule has 0 aliphatic heterocycles. The van der Waals surface area contributed by atoms with Gasteiger partial charge < -0.3 is 15.4 Å². The molecule has 126 valence electrons. The van der Waals surface area contributed by atoms with Crippen LogP contribution in [0.1, 0.15) is 22.8 Å². The standard InChI is InChI=1S/C18H20N2O3S/c1-12(21)19-15-7-8-17(23-2)16(10-15)20-18(22)14-6-4-5-13(9-14)11-24-3/h4-10H,11H2,1-3H3,(H,19,21)(H,20,22). The number of thioether (sulfide) groups is 1. The average molecular weight is 344 g/mol. The predicted molar refractivity (Wildman–Crippen MR) is 98.9 cm³/mol. The fourth-order valence-corrected chi connectivity index (χ4v) is 2.76. The molecule has 5 nitrogen and oxygen atoms in total. The van der Waals surface area contributed by atoms with Crippen molar-refractivity contribution in [1.82, 2.24) is 0 Å². The molecule has 2 amide bonds. The minimum absolute atomic E-state index is 0.179. The lowest BCUT2D eigenvalue weighted by atomic mass is 10.1. The number of amides is 2. The Kier molecular flexibility index (Phi) is 6.26. The van der Waals surface area contributed by atoms with Crippen molar-refractivity contribution in [3.63, 3.8) is 0 Å². The number of ether oxygens (including phenoxy) is 1. The second kappa shape index (κ2) is 8.40. The Balaban J connectivity index is 2.23. The summed E-state index contributed by atoms with van der Waals surface area (Å²) < 4.78 is 5.27. The van der Waals surface area contributed by atoms with Crippen LogP contribution in [0.2, 0.25) is 0 Å². The molecule has 0 radical (unpaired) electrons. The van der Waals surface area contributed by atoms with Crippen LogP contribution < -0.4 is 15.4 Å². The zero-order chi connectivity index (χ0) is 17.5. The molecule has 0 saturated carbocycles. The fraction of sp³-hybridized carbons (Fsp3) is 0.222. The molecule has 2 rings (SSSR count). The maximum atomic E-state index is 12.5. The molecule has 0 heterocycles. The van der Waals surface area contributed by atoms with E-state index in [-0.39, 0.29) is 11.8 Å². The van der Waals surface area contributed by atoms with Gasteiger partial charge in [0.2, 0.25) is 5.91 Å². The first-order valence-electron chi connectivity index (χ1n) is 7.38. The van der Waals surface area contributed by atoms with Crippen molar-refractivity contribution >= 4 is 35.0 Å². The highest BCUT2D eigenvalue weighted by molar-refractivity contribution is 7.97. The molecule has 0 aromatic heterocycles. The van der Waals surface area contributed by atoms with E-state index in [1.54, 1.807) is 36.0 Å². The van der Waals surface area contributed by atoms with Gasteiger partial charge in [0, 0.05) is 23.9 Å². The number of hydrogen-bond donors (Lipinski definition) is 2. The van der Waals surface area contributed by atoms with Crippen LogP contribution in [0.25, 0.3) is 0 Å². The Morgan fingerprint density at radius 2 is 1.92 bits per heavy atom. The van der Waals surface area contributed by atoms with E-state index in [2.05, 4.69) is 10.6 Å². The summed E-state index contributed by atoms with van der Waals surface area (Å²) in [5.74, 6) is 0.971.